The number of benzene rings is 2. The van der Waals surface area contributed by atoms with E-state index in [0.29, 0.717) is 6.54 Å². The van der Waals surface area contributed by atoms with Crippen LogP contribution in [-0.2, 0) is 6.54 Å². The Morgan fingerprint density at radius 3 is 2.70 bits per heavy atom. The second-order valence-electron chi connectivity index (χ2n) is 4.03. The van der Waals surface area contributed by atoms with Crippen molar-refractivity contribution in [1.29, 1.82) is 5.26 Å². The number of ether oxygens (including phenoxy) is 1. The van der Waals surface area contributed by atoms with Crippen molar-refractivity contribution in [2.24, 2.45) is 0 Å². The normalized spacial score (nSPS) is 9.85. The van der Waals surface area contributed by atoms with Gasteiger partial charge in [-0.25, -0.2) is 0 Å². The first kappa shape index (κ1) is 14.9. The van der Waals surface area contributed by atoms with Gasteiger partial charge in [-0.05, 0) is 40.2 Å². The summed E-state index contributed by atoms with van der Waals surface area (Å²) in [5.41, 5.74) is 2.01. The lowest BCUT2D eigenvalue weighted by atomic mass is 10.2. The second-order valence-corrected chi connectivity index (χ2v) is 5.80. The van der Waals surface area contributed by atoms with Crippen LogP contribution in [0.15, 0.2) is 51.4 Å². The topological polar surface area (TPSA) is 45.0 Å². The predicted octanol–water partition coefficient (Wildman–Crippen LogP) is 4.73. The van der Waals surface area contributed by atoms with Gasteiger partial charge in [-0.15, -0.1) is 0 Å². The molecule has 0 fully saturated rings. The second kappa shape index (κ2) is 7.32. The van der Waals surface area contributed by atoms with Crippen LogP contribution in [0.3, 0.4) is 0 Å². The van der Waals surface area contributed by atoms with Crippen LogP contribution in [0.5, 0.6) is 5.75 Å². The Hall–Kier alpha value is -1.51. The van der Waals surface area contributed by atoms with Gasteiger partial charge >= 0.3 is 0 Å². The standard InChI is InChI=1S/C15H12Br2N2O/c16-12-5-6-14(13(17)9-12)19-10-11-3-1-2-4-15(11)20-8-7-18/h1-6,9,19H,8,10H2. The lowest BCUT2D eigenvalue weighted by molar-refractivity contribution is 0.364. The average molecular weight is 396 g/mol. The summed E-state index contributed by atoms with van der Waals surface area (Å²) in [7, 11) is 0. The number of nitrogens with one attached hydrogen (secondary N) is 1. The first-order chi connectivity index (χ1) is 9.70. The zero-order valence-corrected chi connectivity index (χ0v) is 13.7. The van der Waals surface area contributed by atoms with Gasteiger partial charge in [0.25, 0.3) is 0 Å². The summed E-state index contributed by atoms with van der Waals surface area (Å²) in [5.74, 6) is 0.731. The van der Waals surface area contributed by atoms with Crippen LogP contribution in [0.1, 0.15) is 5.56 Å². The van der Waals surface area contributed by atoms with Crippen molar-refractivity contribution in [3.63, 3.8) is 0 Å². The number of nitrogens with zero attached hydrogens (tertiary/aromatic N) is 1. The van der Waals surface area contributed by atoms with Crippen LogP contribution in [0.25, 0.3) is 0 Å². The third kappa shape index (κ3) is 3.99. The minimum Gasteiger partial charge on any atom is -0.478 e. The van der Waals surface area contributed by atoms with Crippen LogP contribution < -0.4 is 10.1 Å². The van der Waals surface area contributed by atoms with E-state index in [0.717, 1.165) is 25.9 Å². The fourth-order valence-electron chi connectivity index (χ4n) is 1.72. The zero-order valence-electron chi connectivity index (χ0n) is 10.6. The molecule has 3 nitrogen and oxygen atoms in total. The third-order valence-corrected chi connectivity index (χ3v) is 3.81. The summed E-state index contributed by atoms with van der Waals surface area (Å²) < 4.78 is 7.41. The van der Waals surface area contributed by atoms with E-state index in [1.807, 2.05) is 48.5 Å². The Bertz CT molecular complexity index is 638. The molecule has 2 aromatic rings. The molecule has 0 saturated heterocycles. The molecule has 1 N–H and O–H groups in total. The lowest BCUT2D eigenvalue weighted by Gasteiger charge is -2.12. The molecule has 2 rings (SSSR count). The van der Waals surface area contributed by atoms with Crippen LogP contribution in [0, 0.1) is 11.3 Å². The number of hydrogen-bond acceptors (Lipinski definition) is 3. The van der Waals surface area contributed by atoms with Crippen molar-refractivity contribution in [3.05, 3.63) is 57.0 Å². The summed E-state index contributed by atoms with van der Waals surface area (Å²) in [6.07, 6.45) is 0. The smallest absolute Gasteiger partial charge is 0.174 e. The number of halogens is 2. The van der Waals surface area contributed by atoms with E-state index in [1.165, 1.54) is 0 Å². The van der Waals surface area contributed by atoms with E-state index in [-0.39, 0.29) is 6.61 Å². The predicted molar refractivity (Wildman–Crippen MR) is 86.7 cm³/mol. The molecular formula is C15H12Br2N2O. The summed E-state index contributed by atoms with van der Waals surface area (Å²) in [6, 6.07) is 15.6. The highest BCUT2D eigenvalue weighted by molar-refractivity contribution is 9.11. The first-order valence-electron chi connectivity index (χ1n) is 5.97. The van der Waals surface area contributed by atoms with Crippen molar-refractivity contribution in [2.45, 2.75) is 6.54 Å². The van der Waals surface area contributed by atoms with Gasteiger partial charge in [0, 0.05) is 26.7 Å². The maximum Gasteiger partial charge on any atom is 0.174 e. The highest BCUT2D eigenvalue weighted by atomic mass is 79.9. The molecule has 0 amide bonds. The van der Waals surface area contributed by atoms with Crippen LogP contribution >= 0.6 is 31.9 Å². The number of anilines is 1. The van der Waals surface area contributed by atoms with Crippen molar-refractivity contribution in [1.82, 2.24) is 0 Å². The van der Waals surface area contributed by atoms with E-state index in [2.05, 4.69) is 37.2 Å². The Morgan fingerprint density at radius 2 is 1.95 bits per heavy atom. The van der Waals surface area contributed by atoms with Gasteiger partial charge in [-0.3, -0.25) is 0 Å². The summed E-state index contributed by atoms with van der Waals surface area (Å²) in [4.78, 5) is 0. The summed E-state index contributed by atoms with van der Waals surface area (Å²) in [5, 5.41) is 11.9. The van der Waals surface area contributed by atoms with Crippen LogP contribution in [-0.4, -0.2) is 6.61 Å². The highest BCUT2D eigenvalue weighted by Crippen LogP contribution is 2.27. The maximum atomic E-state index is 8.59. The molecule has 20 heavy (non-hydrogen) atoms. The van der Waals surface area contributed by atoms with E-state index in [9.17, 15) is 0 Å². The molecule has 0 bridgehead atoms. The van der Waals surface area contributed by atoms with Crippen molar-refractivity contribution in [2.75, 3.05) is 11.9 Å². The minimum atomic E-state index is 0.0546. The fraction of sp³-hybridized carbons (Fsp3) is 0.133. The molecule has 0 saturated carbocycles. The largest absolute Gasteiger partial charge is 0.478 e. The third-order valence-electron chi connectivity index (χ3n) is 2.67. The van der Waals surface area contributed by atoms with E-state index in [4.69, 9.17) is 10.00 Å². The SMILES string of the molecule is N#CCOc1ccccc1CNc1ccc(Br)cc1Br. The van der Waals surface area contributed by atoms with Gasteiger partial charge in [0.2, 0.25) is 0 Å². The summed E-state index contributed by atoms with van der Waals surface area (Å²) in [6.45, 7) is 0.681. The van der Waals surface area contributed by atoms with Gasteiger partial charge in [-0.1, -0.05) is 34.1 Å². The van der Waals surface area contributed by atoms with E-state index >= 15 is 0 Å². The van der Waals surface area contributed by atoms with Crippen molar-refractivity contribution in [3.8, 4) is 11.8 Å². The number of rotatable bonds is 5. The molecule has 0 aliphatic carbocycles. The molecular weight excluding hydrogens is 384 g/mol. The minimum absolute atomic E-state index is 0.0546. The Kier molecular flexibility index (Phi) is 5.45. The highest BCUT2D eigenvalue weighted by Gasteiger charge is 2.04. The molecule has 0 aliphatic rings. The van der Waals surface area contributed by atoms with Gasteiger partial charge in [0.05, 0.1) is 0 Å². The number of hydrogen-bond donors (Lipinski definition) is 1. The van der Waals surface area contributed by atoms with Crippen LogP contribution in [0.4, 0.5) is 5.69 Å². The van der Waals surface area contributed by atoms with Gasteiger partial charge in [-0.2, -0.15) is 5.26 Å². The number of para-hydroxylation sites is 1. The Morgan fingerprint density at radius 1 is 1.15 bits per heavy atom. The maximum absolute atomic E-state index is 8.59. The van der Waals surface area contributed by atoms with Crippen molar-refractivity contribution >= 4 is 37.5 Å². The lowest BCUT2D eigenvalue weighted by Crippen LogP contribution is -2.04. The van der Waals surface area contributed by atoms with E-state index in [1.54, 1.807) is 0 Å². The Balaban J connectivity index is 2.09. The molecule has 102 valence electrons. The summed E-state index contributed by atoms with van der Waals surface area (Å²) >= 11 is 6.94. The molecule has 0 spiro atoms. The Labute approximate surface area is 134 Å². The molecule has 0 atom stereocenters. The molecule has 0 aromatic heterocycles. The quantitative estimate of drug-likeness (QED) is 0.796. The molecule has 0 radical (unpaired) electrons. The molecule has 0 heterocycles. The van der Waals surface area contributed by atoms with Gasteiger partial charge in [0.1, 0.15) is 11.8 Å². The van der Waals surface area contributed by atoms with Crippen molar-refractivity contribution < 1.29 is 4.74 Å². The van der Waals surface area contributed by atoms with Gasteiger partial charge < -0.3 is 10.1 Å². The van der Waals surface area contributed by atoms with E-state index < -0.39 is 0 Å². The van der Waals surface area contributed by atoms with Gasteiger partial charge in [0.15, 0.2) is 6.61 Å². The first-order valence-corrected chi connectivity index (χ1v) is 7.56. The zero-order chi connectivity index (χ0) is 14.4. The molecule has 5 heteroatoms. The fourth-order valence-corrected chi connectivity index (χ4v) is 2.91. The monoisotopic (exact) mass is 394 g/mol. The average Bonchev–Trinajstić information content (AvgIpc) is 2.45. The molecule has 0 unspecified atom stereocenters. The number of nitriles is 1. The molecule has 0 aliphatic heterocycles. The molecule has 2 aromatic carbocycles. The van der Waals surface area contributed by atoms with Crippen LogP contribution in [0.2, 0.25) is 0 Å².